The molecule has 1 unspecified atom stereocenters. The zero-order valence-electron chi connectivity index (χ0n) is 11.6. The Kier molecular flexibility index (Phi) is 6.68. The fourth-order valence-electron chi connectivity index (χ4n) is 2.78. The van der Waals surface area contributed by atoms with Crippen molar-refractivity contribution in [3.05, 3.63) is 22.8 Å². The Morgan fingerprint density at radius 3 is 2.79 bits per heavy atom. The van der Waals surface area contributed by atoms with Crippen LogP contribution in [0.3, 0.4) is 0 Å². The lowest BCUT2D eigenvalue weighted by atomic mass is 9.84. The number of aromatic nitrogens is 1. The van der Waals surface area contributed by atoms with E-state index in [0.717, 1.165) is 27.7 Å². The highest BCUT2D eigenvalue weighted by Gasteiger charge is 2.22. The van der Waals surface area contributed by atoms with Crippen molar-refractivity contribution in [1.82, 2.24) is 10.3 Å². The highest BCUT2D eigenvalue weighted by atomic mass is 79.9. The van der Waals surface area contributed by atoms with Gasteiger partial charge in [-0.3, -0.25) is 0 Å². The zero-order chi connectivity index (χ0) is 13.5. The van der Waals surface area contributed by atoms with Gasteiger partial charge in [0.25, 0.3) is 0 Å². The van der Waals surface area contributed by atoms with Crippen molar-refractivity contribution in [2.24, 2.45) is 5.92 Å². The third-order valence-corrected chi connectivity index (χ3v) is 5.33. The maximum atomic E-state index is 4.44. The second-order valence-corrected chi connectivity index (χ2v) is 7.14. The summed E-state index contributed by atoms with van der Waals surface area (Å²) < 4.78 is 1.05. The fourth-order valence-corrected chi connectivity index (χ4v) is 4.05. The highest BCUT2D eigenvalue weighted by Crippen LogP contribution is 2.29. The van der Waals surface area contributed by atoms with Crippen LogP contribution in [0, 0.1) is 5.92 Å². The van der Waals surface area contributed by atoms with Gasteiger partial charge in [-0.15, -0.1) is 11.8 Å². The largest absolute Gasteiger partial charge is 0.313 e. The van der Waals surface area contributed by atoms with Crippen LogP contribution in [0.5, 0.6) is 0 Å². The normalized spacial score (nSPS) is 18.4. The van der Waals surface area contributed by atoms with E-state index >= 15 is 0 Å². The highest BCUT2D eigenvalue weighted by molar-refractivity contribution is 9.10. The Bertz CT molecular complexity index is 363. The van der Waals surface area contributed by atoms with Crippen molar-refractivity contribution in [3.63, 3.8) is 0 Å². The molecule has 1 heterocycles. The fraction of sp³-hybridized carbons (Fsp3) is 0.667. The molecule has 2 rings (SSSR count). The minimum Gasteiger partial charge on any atom is -0.313 e. The molecule has 4 heteroatoms. The van der Waals surface area contributed by atoms with Gasteiger partial charge in [0.1, 0.15) is 0 Å². The van der Waals surface area contributed by atoms with E-state index < -0.39 is 0 Å². The van der Waals surface area contributed by atoms with Crippen LogP contribution in [0.4, 0.5) is 0 Å². The van der Waals surface area contributed by atoms with Gasteiger partial charge >= 0.3 is 0 Å². The van der Waals surface area contributed by atoms with Crippen molar-refractivity contribution >= 4 is 27.7 Å². The number of nitrogens with one attached hydrogen (secondary N) is 1. The second kappa shape index (κ2) is 8.28. The minimum absolute atomic E-state index is 0.640. The average molecular weight is 343 g/mol. The monoisotopic (exact) mass is 342 g/mol. The number of pyridine rings is 1. The van der Waals surface area contributed by atoms with E-state index in [0.29, 0.717) is 6.04 Å². The molecule has 1 aliphatic rings. The maximum absolute atomic E-state index is 4.44. The lowest BCUT2D eigenvalue weighted by molar-refractivity contribution is 0.288. The molecule has 1 atom stereocenters. The van der Waals surface area contributed by atoms with Gasteiger partial charge in [0, 0.05) is 22.5 Å². The lowest BCUT2D eigenvalue weighted by Gasteiger charge is -2.30. The summed E-state index contributed by atoms with van der Waals surface area (Å²) in [4.78, 5) is 4.44. The molecule has 1 aromatic heterocycles. The molecule has 0 aromatic carbocycles. The lowest BCUT2D eigenvalue weighted by Crippen LogP contribution is -2.39. The van der Waals surface area contributed by atoms with E-state index in [2.05, 4.69) is 45.3 Å². The van der Waals surface area contributed by atoms with Gasteiger partial charge in [-0.1, -0.05) is 26.2 Å². The molecule has 0 spiro atoms. The van der Waals surface area contributed by atoms with E-state index in [-0.39, 0.29) is 0 Å². The van der Waals surface area contributed by atoms with Crippen LogP contribution in [0.25, 0.3) is 0 Å². The van der Waals surface area contributed by atoms with Gasteiger partial charge in [0.15, 0.2) is 0 Å². The predicted molar refractivity (Wildman–Crippen MR) is 86.7 cm³/mol. The number of halogens is 1. The second-order valence-electron chi connectivity index (χ2n) is 5.19. The van der Waals surface area contributed by atoms with Crippen molar-refractivity contribution in [2.45, 2.75) is 50.1 Å². The molecule has 1 saturated carbocycles. The summed E-state index contributed by atoms with van der Waals surface area (Å²) in [7, 11) is 0. The summed E-state index contributed by atoms with van der Waals surface area (Å²) >= 11 is 5.31. The van der Waals surface area contributed by atoms with Gasteiger partial charge in [-0.2, -0.15) is 0 Å². The molecular weight excluding hydrogens is 320 g/mol. The first kappa shape index (κ1) is 15.3. The van der Waals surface area contributed by atoms with E-state index in [1.807, 2.05) is 18.0 Å². The Hall–Kier alpha value is -0.0600. The quantitative estimate of drug-likeness (QED) is 0.770. The number of rotatable bonds is 6. The van der Waals surface area contributed by atoms with Crippen LogP contribution in [0.15, 0.2) is 27.8 Å². The molecule has 0 aliphatic heterocycles. The summed E-state index contributed by atoms with van der Waals surface area (Å²) in [6.45, 7) is 3.27. The molecule has 1 N–H and O–H groups in total. The smallest absolute Gasteiger partial charge is 0.0961 e. The SMILES string of the molecule is CCNC(CSc1ccc(Br)cn1)C1CCCCC1. The van der Waals surface area contributed by atoms with E-state index in [1.54, 1.807) is 0 Å². The van der Waals surface area contributed by atoms with E-state index in [9.17, 15) is 0 Å². The van der Waals surface area contributed by atoms with Crippen LogP contribution in [0.1, 0.15) is 39.0 Å². The van der Waals surface area contributed by atoms with Crippen LogP contribution in [0.2, 0.25) is 0 Å². The van der Waals surface area contributed by atoms with Crippen LogP contribution < -0.4 is 5.32 Å². The van der Waals surface area contributed by atoms with Gasteiger partial charge in [-0.25, -0.2) is 4.98 Å². The molecular formula is C15H23BrN2S. The van der Waals surface area contributed by atoms with Crippen LogP contribution in [-0.4, -0.2) is 23.3 Å². The molecule has 106 valence electrons. The topological polar surface area (TPSA) is 24.9 Å². The van der Waals surface area contributed by atoms with Gasteiger partial charge < -0.3 is 5.32 Å². The van der Waals surface area contributed by atoms with Gasteiger partial charge in [0.2, 0.25) is 0 Å². The van der Waals surface area contributed by atoms with Gasteiger partial charge in [0.05, 0.1) is 5.03 Å². The van der Waals surface area contributed by atoms with Crippen molar-refractivity contribution < 1.29 is 0 Å². The Morgan fingerprint density at radius 2 is 2.16 bits per heavy atom. The number of hydrogen-bond acceptors (Lipinski definition) is 3. The van der Waals surface area contributed by atoms with Crippen LogP contribution >= 0.6 is 27.7 Å². The summed E-state index contributed by atoms with van der Waals surface area (Å²) in [5.74, 6) is 1.99. The van der Waals surface area contributed by atoms with Crippen LogP contribution in [-0.2, 0) is 0 Å². The molecule has 0 radical (unpaired) electrons. The molecule has 19 heavy (non-hydrogen) atoms. The molecule has 2 nitrogen and oxygen atoms in total. The zero-order valence-corrected chi connectivity index (χ0v) is 14.0. The summed E-state index contributed by atoms with van der Waals surface area (Å²) in [6.07, 6.45) is 8.92. The van der Waals surface area contributed by atoms with Crippen molar-refractivity contribution in [1.29, 1.82) is 0 Å². The Labute approximate surface area is 129 Å². The standard InChI is InChI=1S/C15H23BrN2S/c1-2-17-14(12-6-4-3-5-7-12)11-19-15-9-8-13(16)10-18-15/h8-10,12,14,17H,2-7,11H2,1H3. The first-order valence-corrected chi connectivity index (χ1v) is 9.05. The van der Waals surface area contributed by atoms with Crippen molar-refractivity contribution in [2.75, 3.05) is 12.3 Å². The summed E-state index contributed by atoms with van der Waals surface area (Å²) in [6, 6.07) is 4.80. The number of nitrogens with zero attached hydrogens (tertiary/aromatic N) is 1. The first-order valence-electron chi connectivity index (χ1n) is 7.27. The molecule has 1 aliphatic carbocycles. The van der Waals surface area contributed by atoms with E-state index in [4.69, 9.17) is 0 Å². The third kappa shape index (κ3) is 5.09. The number of hydrogen-bond donors (Lipinski definition) is 1. The molecule has 1 aromatic rings. The Balaban J connectivity index is 1.87. The summed E-state index contributed by atoms with van der Waals surface area (Å²) in [5, 5.41) is 4.80. The molecule has 0 saturated heterocycles. The third-order valence-electron chi connectivity index (χ3n) is 3.80. The Morgan fingerprint density at radius 1 is 1.37 bits per heavy atom. The molecule has 0 amide bonds. The van der Waals surface area contributed by atoms with Crippen molar-refractivity contribution in [3.8, 4) is 0 Å². The maximum Gasteiger partial charge on any atom is 0.0961 e. The van der Waals surface area contributed by atoms with Gasteiger partial charge in [-0.05, 0) is 53.4 Å². The number of thioether (sulfide) groups is 1. The predicted octanol–water partition coefficient (Wildman–Crippen LogP) is 4.49. The first-order chi connectivity index (χ1) is 9.29. The molecule has 1 fully saturated rings. The summed E-state index contributed by atoms with van der Waals surface area (Å²) in [5.41, 5.74) is 0. The average Bonchev–Trinajstić information content (AvgIpc) is 2.46. The molecule has 0 bridgehead atoms. The van der Waals surface area contributed by atoms with E-state index in [1.165, 1.54) is 32.1 Å². The minimum atomic E-state index is 0.640.